The second-order valence-corrected chi connectivity index (χ2v) is 7.46. The Hall–Kier alpha value is -2.83. The third-order valence-electron chi connectivity index (χ3n) is 4.45. The summed E-state index contributed by atoms with van der Waals surface area (Å²) in [5.41, 5.74) is 1.10. The molecule has 9 heteroatoms. The van der Waals surface area contributed by atoms with Gasteiger partial charge in [0.2, 0.25) is 5.91 Å². The minimum Gasteiger partial charge on any atom is -0.456 e. The Morgan fingerprint density at radius 3 is 2.68 bits per heavy atom. The molecule has 0 bridgehead atoms. The Morgan fingerprint density at radius 2 is 2.04 bits per heavy atom. The lowest BCUT2D eigenvalue weighted by molar-refractivity contribution is -0.153. The van der Waals surface area contributed by atoms with Gasteiger partial charge in [0.1, 0.15) is 35.6 Å². The predicted octanol–water partition coefficient (Wildman–Crippen LogP) is 1.29. The van der Waals surface area contributed by atoms with E-state index in [1.54, 1.807) is 13.0 Å². The number of ether oxygens (including phenoxy) is 2. The van der Waals surface area contributed by atoms with E-state index >= 15 is 0 Å². The van der Waals surface area contributed by atoms with E-state index in [4.69, 9.17) is 14.7 Å². The first-order valence-corrected chi connectivity index (χ1v) is 9.51. The van der Waals surface area contributed by atoms with Crippen molar-refractivity contribution < 1.29 is 23.9 Å². The van der Waals surface area contributed by atoms with Crippen molar-refractivity contribution in [2.24, 2.45) is 0 Å². The van der Waals surface area contributed by atoms with Gasteiger partial charge in [0.15, 0.2) is 0 Å². The first-order valence-electron chi connectivity index (χ1n) is 8.57. The number of carbonyl (C=O) groups excluding carboxylic acids is 3. The molecule has 2 aliphatic rings. The van der Waals surface area contributed by atoms with Gasteiger partial charge >= 0.3 is 5.97 Å². The smallest absolute Gasteiger partial charge is 0.355 e. The van der Waals surface area contributed by atoms with Gasteiger partial charge in [-0.2, -0.15) is 5.26 Å². The molecule has 1 aromatic rings. The number of thioether (sulfide) groups is 1. The van der Waals surface area contributed by atoms with Crippen molar-refractivity contribution in [2.45, 2.75) is 36.8 Å². The van der Waals surface area contributed by atoms with Crippen LogP contribution in [0.15, 0.2) is 41.6 Å². The second-order valence-electron chi connectivity index (χ2n) is 6.28. The summed E-state index contributed by atoms with van der Waals surface area (Å²) in [7, 11) is 1.51. The lowest BCUT2D eigenvalue weighted by Gasteiger charge is -2.50. The summed E-state index contributed by atoms with van der Waals surface area (Å²) in [6, 6.07) is 10.2. The molecule has 0 spiro atoms. The van der Waals surface area contributed by atoms with Gasteiger partial charge in [-0.3, -0.25) is 14.5 Å². The molecule has 2 heterocycles. The van der Waals surface area contributed by atoms with E-state index in [1.165, 1.54) is 23.8 Å². The Labute approximate surface area is 166 Å². The zero-order valence-electron chi connectivity index (χ0n) is 15.4. The summed E-state index contributed by atoms with van der Waals surface area (Å²) in [5, 5.41) is 10.7. The number of hydrogen-bond acceptors (Lipinski definition) is 7. The van der Waals surface area contributed by atoms with E-state index in [-0.39, 0.29) is 18.7 Å². The first kappa shape index (κ1) is 19.9. The molecule has 3 atom stereocenters. The molecule has 1 fully saturated rings. The van der Waals surface area contributed by atoms with Crippen LogP contribution in [0.25, 0.3) is 0 Å². The monoisotopic (exact) mass is 401 g/mol. The number of carbonyl (C=O) groups is 3. The summed E-state index contributed by atoms with van der Waals surface area (Å²) in [4.78, 5) is 38.4. The number of nitriles is 1. The minimum atomic E-state index is -0.812. The molecule has 8 nitrogen and oxygen atoms in total. The van der Waals surface area contributed by atoms with Crippen LogP contribution in [-0.4, -0.2) is 46.6 Å². The maximum atomic E-state index is 12.7. The number of rotatable bonds is 6. The normalized spacial score (nSPS) is 23.4. The standard InChI is InChI=1S/C19H19N3O5S/c1-11-15(18(25)27-10-12-6-4-3-5-7-12)22-16(24)14(21-13(23)8-9-20)17(22)28-19(11)26-2/h3-7,14,17,19H,8,10H2,1-2H3,(H,21,23)/t14-,17+,19-/m0/s1. The Bertz CT molecular complexity index is 864. The van der Waals surface area contributed by atoms with Crippen molar-refractivity contribution in [2.75, 3.05) is 7.11 Å². The van der Waals surface area contributed by atoms with E-state index in [9.17, 15) is 14.4 Å². The van der Waals surface area contributed by atoms with E-state index in [2.05, 4.69) is 5.32 Å². The predicted molar refractivity (Wildman–Crippen MR) is 100 cm³/mol. The molecular weight excluding hydrogens is 382 g/mol. The highest BCUT2D eigenvalue weighted by molar-refractivity contribution is 8.00. The van der Waals surface area contributed by atoms with Crippen LogP contribution in [-0.2, 0) is 30.5 Å². The molecule has 146 valence electrons. The highest BCUT2D eigenvalue weighted by Gasteiger charge is 2.56. The number of nitrogens with one attached hydrogen (secondary N) is 1. The topological polar surface area (TPSA) is 109 Å². The Kier molecular flexibility index (Phi) is 6.02. The largest absolute Gasteiger partial charge is 0.456 e. The Morgan fingerprint density at radius 1 is 1.32 bits per heavy atom. The van der Waals surface area contributed by atoms with Gasteiger partial charge in [-0.25, -0.2) is 4.79 Å². The minimum absolute atomic E-state index is 0.0796. The number of fused-ring (bicyclic) bond motifs is 1. The zero-order chi connectivity index (χ0) is 20.3. The lowest BCUT2D eigenvalue weighted by Crippen LogP contribution is -2.71. The lowest BCUT2D eigenvalue weighted by atomic mass is 10.0. The van der Waals surface area contributed by atoms with Crippen LogP contribution in [0.5, 0.6) is 0 Å². The van der Waals surface area contributed by atoms with Crippen molar-refractivity contribution in [3.63, 3.8) is 0 Å². The van der Waals surface area contributed by atoms with Crippen LogP contribution in [0.2, 0.25) is 0 Å². The molecule has 1 aromatic carbocycles. The van der Waals surface area contributed by atoms with Crippen LogP contribution >= 0.6 is 11.8 Å². The molecule has 1 saturated heterocycles. The third-order valence-corrected chi connectivity index (χ3v) is 6.01. The first-order chi connectivity index (χ1) is 13.5. The maximum Gasteiger partial charge on any atom is 0.355 e. The van der Waals surface area contributed by atoms with Crippen LogP contribution in [0.3, 0.4) is 0 Å². The molecule has 2 aliphatic heterocycles. The summed E-state index contributed by atoms with van der Waals surface area (Å²) >= 11 is 1.32. The molecule has 2 amide bonds. The van der Waals surface area contributed by atoms with Gasteiger partial charge in [0, 0.05) is 7.11 Å². The van der Waals surface area contributed by atoms with Crippen LogP contribution < -0.4 is 5.32 Å². The maximum absolute atomic E-state index is 12.7. The quantitative estimate of drug-likeness (QED) is 0.565. The molecule has 0 aliphatic carbocycles. The Balaban J connectivity index is 1.77. The fourth-order valence-corrected chi connectivity index (χ4v) is 4.44. The highest BCUT2D eigenvalue weighted by atomic mass is 32.2. The summed E-state index contributed by atoms with van der Waals surface area (Å²) in [5.74, 6) is -1.57. The van der Waals surface area contributed by atoms with Crippen molar-refractivity contribution in [1.82, 2.24) is 10.2 Å². The molecule has 28 heavy (non-hydrogen) atoms. The molecule has 0 unspecified atom stereocenters. The summed E-state index contributed by atoms with van der Waals surface area (Å²) in [6.07, 6.45) is -0.338. The summed E-state index contributed by atoms with van der Waals surface area (Å²) in [6.45, 7) is 1.79. The van der Waals surface area contributed by atoms with Gasteiger partial charge in [-0.15, -0.1) is 0 Å². The average molecular weight is 401 g/mol. The summed E-state index contributed by atoms with van der Waals surface area (Å²) < 4.78 is 10.8. The van der Waals surface area contributed by atoms with Gasteiger partial charge in [0.25, 0.3) is 5.91 Å². The fraction of sp³-hybridized carbons (Fsp3) is 0.368. The van der Waals surface area contributed by atoms with Gasteiger partial charge < -0.3 is 14.8 Å². The molecular formula is C19H19N3O5S. The van der Waals surface area contributed by atoms with Crippen LogP contribution in [0.1, 0.15) is 18.9 Å². The van der Waals surface area contributed by atoms with Gasteiger partial charge in [-0.1, -0.05) is 42.1 Å². The number of nitrogens with zero attached hydrogens (tertiary/aromatic N) is 2. The number of hydrogen-bond donors (Lipinski definition) is 1. The van der Waals surface area contributed by atoms with Gasteiger partial charge in [-0.05, 0) is 18.1 Å². The van der Waals surface area contributed by atoms with Crippen molar-refractivity contribution in [3.8, 4) is 6.07 Å². The van der Waals surface area contributed by atoms with Crippen molar-refractivity contribution in [1.29, 1.82) is 5.26 Å². The van der Waals surface area contributed by atoms with E-state index in [1.807, 2.05) is 30.3 Å². The van der Waals surface area contributed by atoms with Crippen LogP contribution in [0, 0.1) is 11.3 Å². The third kappa shape index (κ3) is 3.74. The molecule has 1 N–H and O–H groups in total. The SMILES string of the molecule is CO[C@H]1S[C@@H]2[C@@H](NC(=O)CC#N)C(=O)N2C(C(=O)OCc2ccccc2)=C1C. The van der Waals surface area contributed by atoms with Crippen molar-refractivity contribution >= 4 is 29.5 Å². The molecule has 0 radical (unpaired) electrons. The number of methoxy groups -OCH3 is 1. The number of benzene rings is 1. The molecule has 0 aromatic heterocycles. The fourth-order valence-electron chi connectivity index (χ4n) is 3.08. The number of amides is 2. The average Bonchev–Trinajstić information content (AvgIpc) is 2.71. The second kappa shape index (κ2) is 8.46. The van der Waals surface area contributed by atoms with E-state index < -0.39 is 34.6 Å². The van der Waals surface area contributed by atoms with Crippen LogP contribution in [0.4, 0.5) is 0 Å². The van der Waals surface area contributed by atoms with Gasteiger partial charge in [0.05, 0.1) is 6.07 Å². The zero-order valence-corrected chi connectivity index (χ0v) is 16.2. The van der Waals surface area contributed by atoms with E-state index in [0.717, 1.165) is 5.56 Å². The van der Waals surface area contributed by atoms with Crippen molar-refractivity contribution in [3.05, 3.63) is 47.2 Å². The number of esters is 1. The highest BCUT2D eigenvalue weighted by Crippen LogP contribution is 2.44. The van der Waals surface area contributed by atoms with E-state index in [0.29, 0.717) is 5.57 Å². The number of β-lactam (4-membered cyclic amide) rings is 1. The molecule has 0 saturated carbocycles. The molecule has 3 rings (SSSR count).